The Morgan fingerprint density at radius 2 is 2.04 bits per heavy atom. The molecule has 0 saturated heterocycles. The zero-order valence-corrected chi connectivity index (χ0v) is 16.9. The zero-order chi connectivity index (χ0) is 17.5. The zero-order valence-electron chi connectivity index (χ0n) is 14.6. The van der Waals surface area contributed by atoms with E-state index in [1.54, 1.807) is 6.20 Å². The maximum Gasteiger partial charge on any atom is 0.248 e. The van der Waals surface area contributed by atoms with Crippen LogP contribution in [0.2, 0.25) is 0 Å². The fraction of sp³-hybridized carbons (Fsp3) is 0.316. The molecular formula is C19H24IN5O. The van der Waals surface area contributed by atoms with Gasteiger partial charge in [-0.25, -0.2) is 4.99 Å². The maximum atomic E-state index is 12.5. The average Bonchev–Trinajstić information content (AvgIpc) is 2.66. The summed E-state index contributed by atoms with van der Waals surface area (Å²) in [5.41, 5.74) is 9.06. The van der Waals surface area contributed by atoms with Crippen LogP contribution < -0.4 is 16.0 Å². The van der Waals surface area contributed by atoms with Gasteiger partial charge in [-0.3, -0.25) is 9.78 Å². The summed E-state index contributed by atoms with van der Waals surface area (Å²) in [7, 11) is 0. The van der Waals surface area contributed by atoms with Gasteiger partial charge in [-0.1, -0.05) is 24.3 Å². The predicted octanol–water partition coefficient (Wildman–Crippen LogP) is 2.13. The van der Waals surface area contributed by atoms with Gasteiger partial charge in [-0.05, 0) is 36.6 Å². The monoisotopic (exact) mass is 465 g/mol. The van der Waals surface area contributed by atoms with Crippen LogP contribution in [0.5, 0.6) is 0 Å². The number of amides is 1. The van der Waals surface area contributed by atoms with Crippen molar-refractivity contribution in [2.24, 2.45) is 10.7 Å². The normalized spacial score (nSPS) is 13.5. The molecule has 3 rings (SSSR count). The van der Waals surface area contributed by atoms with Crippen LogP contribution in [0.4, 0.5) is 5.69 Å². The Morgan fingerprint density at radius 3 is 2.85 bits per heavy atom. The number of carbonyl (C=O) groups excluding carboxylic acids is 1. The van der Waals surface area contributed by atoms with Gasteiger partial charge >= 0.3 is 0 Å². The number of anilines is 1. The summed E-state index contributed by atoms with van der Waals surface area (Å²) in [6, 6.07) is 13.8. The summed E-state index contributed by atoms with van der Waals surface area (Å²) < 4.78 is 0. The number of rotatable bonds is 5. The quantitative estimate of drug-likeness (QED) is 0.403. The SMILES string of the molecule is I.NC(=NCC(=O)N1CCCc2ccccc21)NCCc1ccccn1. The largest absolute Gasteiger partial charge is 0.370 e. The fourth-order valence-corrected chi connectivity index (χ4v) is 2.95. The Hall–Kier alpha value is -2.16. The highest BCUT2D eigenvalue weighted by atomic mass is 127. The molecule has 2 aromatic rings. The summed E-state index contributed by atoms with van der Waals surface area (Å²) >= 11 is 0. The summed E-state index contributed by atoms with van der Waals surface area (Å²) in [5.74, 6) is 0.260. The number of para-hydroxylation sites is 1. The Morgan fingerprint density at radius 1 is 1.23 bits per heavy atom. The van der Waals surface area contributed by atoms with Crippen molar-refractivity contribution in [1.82, 2.24) is 10.3 Å². The molecule has 0 saturated carbocycles. The first-order valence-electron chi connectivity index (χ1n) is 8.56. The van der Waals surface area contributed by atoms with E-state index in [2.05, 4.69) is 21.4 Å². The van der Waals surface area contributed by atoms with Crippen molar-refractivity contribution >= 4 is 41.5 Å². The van der Waals surface area contributed by atoms with Gasteiger partial charge in [0, 0.05) is 37.1 Å². The molecule has 6 nitrogen and oxygen atoms in total. The molecule has 138 valence electrons. The highest BCUT2D eigenvalue weighted by Gasteiger charge is 2.21. The van der Waals surface area contributed by atoms with E-state index in [0.29, 0.717) is 6.54 Å². The number of hydrogen-bond acceptors (Lipinski definition) is 3. The van der Waals surface area contributed by atoms with Crippen molar-refractivity contribution in [2.75, 3.05) is 24.5 Å². The number of fused-ring (bicyclic) bond motifs is 1. The third-order valence-corrected chi connectivity index (χ3v) is 4.21. The third kappa shape index (κ3) is 5.42. The lowest BCUT2D eigenvalue weighted by Gasteiger charge is -2.29. The van der Waals surface area contributed by atoms with E-state index in [1.165, 1.54) is 5.56 Å². The first-order chi connectivity index (χ1) is 12.2. The lowest BCUT2D eigenvalue weighted by atomic mass is 10.0. The maximum absolute atomic E-state index is 12.5. The van der Waals surface area contributed by atoms with E-state index < -0.39 is 0 Å². The molecule has 0 atom stereocenters. The van der Waals surface area contributed by atoms with Crippen LogP contribution in [0.15, 0.2) is 53.7 Å². The van der Waals surface area contributed by atoms with Crippen molar-refractivity contribution in [2.45, 2.75) is 19.3 Å². The number of carbonyl (C=O) groups is 1. The average molecular weight is 465 g/mol. The molecule has 3 N–H and O–H groups in total. The van der Waals surface area contributed by atoms with Gasteiger partial charge in [-0.2, -0.15) is 0 Å². The lowest BCUT2D eigenvalue weighted by Crippen LogP contribution is -2.39. The lowest BCUT2D eigenvalue weighted by molar-refractivity contribution is -0.117. The Balaban J connectivity index is 0.00000243. The standard InChI is InChI=1S/C19H23N5O.HI/c20-19(22-12-10-16-8-3-4-11-21-16)23-14-18(25)24-13-5-7-15-6-1-2-9-17(15)24;/h1-4,6,8-9,11H,5,7,10,12-14H2,(H3,20,22,23);1H. The number of aromatic nitrogens is 1. The van der Waals surface area contributed by atoms with E-state index >= 15 is 0 Å². The van der Waals surface area contributed by atoms with E-state index in [9.17, 15) is 4.79 Å². The van der Waals surface area contributed by atoms with Gasteiger partial charge < -0.3 is 16.0 Å². The number of aryl methyl sites for hydroxylation is 1. The minimum Gasteiger partial charge on any atom is -0.370 e. The van der Waals surface area contributed by atoms with Gasteiger partial charge in [0.15, 0.2) is 5.96 Å². The molecule has 1 aromatic carbocycles. The van der Waals surface area contributed by atoms with Gasteiger partial charge in [0.25, 0.3) is 0 Å². The first-order valence-corrected chi connectivity index (χ1v) is 8.56. The number of hydrogen-bond donors (Lipinski definition) is 2. The molecule has 2 heterocycles. The van der Waals surface area contributed by atoms with Gasteiger partial charge in [-0.15, -0.1) is 24.0 Å². The molecule has 0 unspecified atom stereocenters. The first kappa shape index (κ1) is 20.2. The van der Waals surface area contributed by atoms with Crippen molar-refractivity contribution in [1.29, 1.82) is 0 Å². The molecule has 0 fully saturated rings. The molecule has 0 spiro atoms. The number of guanidine groups is 1. The van der Waals surface area contributed by atoms with E-state index in [0.717, 1.165) is 37.2 Å². The molecule has 0 aliphatic carbocycles. The van der Waals surface area contributed by atoms with Crippen molar-refractivity contribution in [3.8, 4) is 0 Å². The molecule has 0 radical (unpaired) electrons. The summed E-state index contributed by atoms with van der Waals surface area (Å²) in [4.78, 5) is 22.7. The van der Waals surface area contributed by atoms with E-state index in [1.807, 2.05) is 41.3 Å². The van der Waals surface area contributed by atoms with Crippen molar-refractivity contribution in [3.05, 3.63) is 59.9 Å². The second-order valence-electron chi connectivity index (χ2n) is 5.98. The van der Waals surface area contributed by atoms with Crippen LogP contribution in [0.3, 0.4) is 0 Å². The number of nitrogens with zero attached hydrogens (tertiary/aromatic N) is 3. The van der Waals surface area contributed by atoms with Crippen LogP contribution in [-0.2, 0) is 17.6 Å². The van der Waals surface area contributed by atoms with E-state index in [-0.39, 0.29) is 42.4 Å². The highest BCUT2D eigenvalue weighted by molar-refractivity contribution is 14.0. The molecule has 1 amide bonds. The molecule has 1 aromatic heterocycles. The summed E-state index contributed by atoms with van der Waals surface area (Å²) in [6.45, 7) is 1.42. The predicted molar refractivity (Wildman–Crippen MR) is 115 cm³/mol. The van der Waals surface area contributed by atoms with E-state index in [4.69, 9.17) is 5.73 Å². The van der Waals surface area contributed by atoms with Crippen molar-refractivity contribution in [3.63, 3.8) is 0 Å². The van der Waals surface area contributed by atoms with Crippen LogP contribution in [-0.4, -0.2) is 36.5 Å². The highest BCUT2D eigenvalue weighted by Crippen LogP contribution is 2.26. The Kier molecular flexibility index (Phi) is 7.83. The third-order valence-electron chi connectivity index (χ3n) is 4.21. The topological polar surface area (TPSA) is 83.6 Å². The number of halogens is 1. The molecule has 1 aliphatic rings. The molecule has 0 bridgehead atoms. The summed E-state index contributed by atoms with van der Waals surface area (Å²) in [5, 5.41) is 3.03. The van der Waals surface area contributed by atoms with Crippen LogP contribution in [0, 0.1) is 0 Å². The smallest absolute Gasteiger partial charge is 0.248 e. The number of nitrogens with two attached hydrogens (primary N) is 1. The number of nitrogens with one attached hydrogen (secondary N) is 1. The second kappa shape index (κ2) is 10.1. The number of aliphatic imine (C=N–C) groups is 1. The van der Waals surface area contributed by atoms with Crippen LogP contribution >= 0.6 is 24.0 Å². The second-order valence-corrected chi connectivity index (χ2v) is 5.98. The number of pyridine rings is 1. The minimum atomic E-state index is -0.0263. The van der Waals surface area contributed by atoms with Gasteiger partial charge in [0.2, 0.25) is 5.91 Å². The van der Waals surface area contributed by atoms with Crippen molar-refractivity contribution < 1.29 is 4.79 Å². The Labute approximate surface area is 170 Å². The molecule has 1 aliphatic heterocycles. The minimum absolute atomic E-state index is 0. The Bertz CT molecular complexity index is 751. The van der Waals surface area contributed by atoms with Crippen LogP contribution in [0.1, 0.15) is 17.7 Å². The summed E-state index contributed by atoms with van der Waals surface area (Å²) in [6.07, 6.45) is 4.51. The van der Waals surface area contributed by atoms with Gasteiger partial charge in [0.1, 0.15) is 6.54 Å². The fourth-order valence-electron chi connectivity index (χ4n) is 2.95. The van der Waals surface area contributed by atoms with Gasteiger partial charge in [0.05, 0.1) is 0 Å². The molecular weight excluding hydrogens is 441 g/mol. The molecule has 7 heteroatoms. The number of benzene rings is 1. The molecule has 26 heavy (non-hydrogen) atoms. The van der Waals surface area contributed by atoms with Crippen LogP contribution in [0.25, 0.3) is 0 Å².